The minimum absolute atomic E-state index is 0.0866. The number of fused-ring (bicyclic) bond motifs is 1. The van der Waals surface area contributed by atoms with Crippen molar-refractivity contribution in [1.29, 1.82) is 0 Å². The zero-order valence-electron chi connectivity index (χ0n) is 23.9. The molecule has 0 spiro atoms. The second-order valence-electron chi connectivity index (χ2n) is 9.74. The Hall–Kier alpha value is -4.99. The van der Waals surface area contributed by atoms with Crippen molar-refractivity contribution >= 4 is 69.4 Å². The van der Waals surface area contributed by atoms with Gasteiger partial charge in [0.05, 0.1) is 23.1 Å². The number of carbonyl (C=O) groups excluding carboxylic acids is 3. The molecule has 0 bridgehead atoms. The first-order valence-electron chi connectivity index (χ1n) is 13.7. The number of nitrogens with one attached hydrogen (secondary N) is 4. The van der Waals surface area contributed by atoms with Gasteiger partial charge in [0.15, 0.2) is 0 Å². The lowest BCUT2D eigenvalue weighted by molar-refractivity contribution is -0.115. The number of halogens is 1. The average molecular weight is 625 g/mol. The Morgan fingerprint density at radius 3 is 2.39 bits per heavy atom. The number of methoxy groups -OCH3 is 1. The number of ether oxygens (including phenoxy) is 1. The Balaban J connectivity index is 1.28. The fraction of sp³-hybridized carbons (Fsp3) is 0.0882. The first-order valence-corrected chi connectivity index (χ1v) is 14.9. The van der Waals surface area contributed by atoms with Crippen molar-refractivity contribution in [3.8, 4) is 5.75 Å². The number of carbonyl (C=O) groups is 3. The van der Waals surface area contributed by atoms with Gasteiger partial charge < -0.3 is 25.7 Å². The Labute approximate surface area is 263 Å². The molecule has 0 saturated carbocycles. The summed E-state index contributed by atoms with van der Waals surface area (Å²) in [5.74, 6) is -0.519. The fourth-order valence-corrected chi connectivity index (χ4v) is 5.38. The highest BCUT2D eigenvalue weighted by molar-refractivity contribution is 8.00. The molecule has 0 radical (unpaired) electrons. The third-order valence-corrected chi connectivity index (χ3v) is 8.12. The largest absolute Gasteiger partial charge is 0.497 e. The molecular formula is C34H29ClN4O4S. The van der Waals surface area contributed by atoms with Crippen LogP contribution in [0.2, 0.25) is 5.02 Å². The van der Waals surface area contributed by atoms with Crippen LogP contribution in [-0.4, -0.2) is 35.1 Å². The third-order valence-electron chi connectivity index (χ3n) is 6.68. The van der Waals surface area contributed by atoms with Gasteiger partial charge >= 0.3 is 0 Å². The van der Waals surface area contributed by atoms with E-state index in [9.17, 15) is 14.4 Å². The van der Waals surface area contributed by atoms with Crippen LogP contribution in [0, 0.1) is 0 Å². The maximum Gasteiger partial charge on any atom is 0.272 e. The van der Waals surface area contributed by atoms with E-state index in [0.717, 1.165) is 21.4 Å². The number of rotatable bonds is 10. The maximum absolute atomic E-state index is 13.5. The number of hydrogen-bond acceptors (Lipinski definition) is 5. The number of benzene rings is 4. The van der Waals surface area contributed by atoms with E-state index in [-0.39, 0.29) is 11.6 Å². The van der Waals surface area contributed by atoms with E-state index in [1.54, 1.807) is 80.9 Å². The van der Waals surface area contributed by atoms with Crippen molar-refractivity contribution in [1.82, 2.24) is 10.3 Å². The van der Waals surface area contributed by atoms with Crippen LogP contribution in [-0.2, 0) is 9.59 Å². The van der Waals surface area contributed by atoms with Gasteiger partial charge in [-0.1, -0.05) is 48.0 Å². The highest BCUT2D eigenvalue weighted by Crippen LogP contribution is 2.30. The molecule has 0 aliphatic heterocycles. The highest BCUT2D eigenvalue weighted by Gasteiger charge is 2.18. The summed E-state index contributed by atoms with van der Waals surface area (Å²) in [7, 11) is 1.54. The summed E-state index contributed by atoms with van der Waals surface area (Å²) in [6, 6.07) is 28.6. The van der Waals surface area contributed by atoms with Crippen molar-refractivity contribution in [2.75, 3.05) is 17.7 Å². The normalized spacial score (nSPS) is 11.9. The van der Waals surface area contributed by atoms with Crippen molar-refractivity contribution in [3.63, 3.8) is 0 Å². The average Bonchev–Trinajstić information content (AvgIpc) is 3.45. The molecular weight excluding hydrogens is 596 g/mol. The van der Waals surface area contributed by atoms with Crippen molar-refractivity contribution < 1.29 is 19.1 Å². The van der Waals surface area contributed by atoms with Crippen LogP contribution >= 0.6 is 23.4 Å². The molecule has 3 amide bonds. The van der Waals surface area contributed by atoms with E-state index in [2.05, 4.69) is 20.9 Å². The van der Waals surface area contributed by atoms with E-state index in [4.69, 9.17) is 16.3 Å². The van der Waals surface area contributed by atoms with Gasteiger partial charge in [0.1, 0.15) is 11.4 Å². The van der Waals surface area contributed by atoms with Gasteiger partial charge in [0.25, 0.3) is 11.8 Å². The molecule has 4 aromatic carbocycles. The zero-order chi connectivity index (χ0) is 31.1. The maximum atomic E-state index is 13.5. The molecule has 10 heteroatoms. The minimum Gasteiger partial charge on any atom is -0.497 e. The third kappa shape index (κ3) is 7.50. The molecule has 0 aliphatic rings. The number of amides is 3. The van der Waals surface area contributed by atoms with Gasteiger partial charge in [-0.2, -0.15) is 0 Å². The molecule has 5 aromatic rings. The summed E-state index contributed by atoms with van der Waals surface area (Å²) in [4.78, 5) is 43.3. The lowest BCUT2D eigenvalue weighted by Crippen LogP contribution is -2.30. The quantitative estimate of drug-likeness (QED) is 0.0958. The summed E-state index contributed by atoms with van der Waals surface area (Å²) in [6.45, 7) is 1.79. The Morgan fingerprint density at radius 1 is 0.909 bits per heavy atom. The molecule has 8 nitrogen and oxygen atoms in total. The number of hydrogen-bond donors (Lipinski definition) is 4. The van der Waals surface area contributed by atoms with Crippen LogP contribution in [0.3, 0.4) is 0 Å². The summed E-state index contributed by atoms with van der Waals surface area (Å²) >= 11 is 7.59. The number of anilines is 2. The van der Waals surface area contributed by atoms with Gasteiger partial charge in [-0.15, -0.1) is 11.8 Å². The topological polar surface area (TPSA) is 112 Å². The lowest BCUT2D eigenvalue weighted by atomic mass is 10.1. The van der Waals surface area contributed by atoms with Crippen molar-refractivity contribution in [2.45, 2.75) is 17.1 Å². The predicted molar refractivity (Wildman–Crippen MR) is 177 cm³/mol. The summed E-state index contributed by atoms with van der Waals surface area (Å²) in [5.41, 5.74) is 3.18. The van der Waals surface area contributed by atoms with Crippen LogP contribution in [0.25, 0.3) is 17.0 Å². The molecule has 0 fully saturated rings. The minimum atomic E-state index is -0.483. The molecule has 4 N–H and O–H groups in total. The molecule has 5 rings (SSSR count). The van der Waals surface area contributed by atoms with Crippen LogP contribution in [0.4, 0.5) is 11.4 Å². The highest BCUT2D eigenvalue weighted by atomic mass is 35.5. The van der Waals surface area contributed by atoms with E-state index >= 15 is 0 Å². The molecule has 0 saturated heterocycles. The smallest absolute Gasteiger partial charge is 0.272 e. The molecule has 1 heterocycles. The number of aromatic nitrogens is 1. The summed E-state index contributed by atoms with van der Waals surface area (Å²) in [5, 5.41) is 9.37. The number of thioether (sulfide) groups is 1. The van der Waals surface area contributed by atoms with Gasteiger partial charge in [-0.05, 0) is 67.6 Å². The van der Waals surface area contributed by atoms with Crippen LogP contribution < -0.4 is 20.7 Å². The van der Waals surface area contributed by atoms with E-state index in [0.29, 0.717) is 27.7 Å². The second-order valence-corrected chi connectivity index (χ2v) is 11.6. The van der Waals surface area contributed by atoms with Gasteiger partial charge in [-0.25, -0.2) is 0 Å². The van der Waals surface area contributed by atoms with E-state index in [1.165, 1.54) is 11.8 Å². The summed E-state index contributed by atoms with van der Waals surface area (Å²) < 4.78 is 5.21. The van der Waals surface area contributed by atoms with Crippen LogP contribution in [0.1, 0.15) is 22.8 Å². The molecule has 222 valence electrons. The predicted octanol–water partition coefficient (Wildman–Crippen LogP) is 7.36. The number of aromatic amines is 1. The Bertz CT molecular complexity index is 1840. The molecule has 0 aliphatic carbocycles. The van der Waals surface area contributed by atoms with Crippen molar-refractivity contribution in [3.05, 3.63) is 125 Å². The number of H-pyrrole nitrogens is 1. The molecule has 44 heavy (non-hydrogen) atoms. The van der Waals surface area contributed by atoms with Crippen LogP contribution in [0.5, 0.6) is 5.75 Å². The molecule has 1 aromatic heterocycles. The van der Waals surface area contributed by atoms with Gasteiger partial charge in [-0.3, -0.25) is 14.4 Å². The standard InChI is InChI=1S/C34H29ClN4O4S/c1-21(32(40)38-30-19-25(43-2)14-17-28(30)35)44-26-15-12-24(13-16-26)37-34(42)31(39-33(41)22-8-4-3-5-9-22)18-23-20-36-29-11-7-6-10-27(23)29/h3-21,36H,1-2H3,(H,37,42)(H,38,40)(H,39,41). The number of para-hydroxylation sites is 1. The van der Waals surface area contributed by atoms with Crippen molar-refractivity contribution in [2.24, 2.45) is 0 Å². The second kappa shape index (κ2) is 14.0. The lowest BCUT2D eigenvalue weighted by Gasteiger charge is -2.14. The summed E-state index contributed by atoms with van der Waals surface area (Å²) in [6.07, 6.45) is 3.44. The van der Waals surface area contributed by atoms with Gasteiger partial charge in [0.2, 0.25) is 5.91 Å². The Morgan fingerprint density at radius 2 is 1.64 bits per heavy atom. The SMILES string of the molecule is COc1ccc(Cl)c(NC(=O)C(C)Sc2ccc(NC(=O)C(=Cc3c[nH]c4ccccc34)NC(=O)c3ccccc3)cc2)c1. The molecule has 1 atom stereocenters. The van der Waals surface area contributed by atoms with E-state index in [1.807, 2.05) is 42.5 Å². The fourth-order valence-electron chi connectivity index (χ4n) is 4.35. The van der Waals surface area contributed by atoms with E-state index < -0.39 is 17.1 Å². The first kappa shape index (κ1) is 30.5. The monoisotopic (exact) mass is 624 g/mol. The molecule has 1 unspecified atom stereocenters. The van der Waals surface area contributed by atoms with Crippen LogP contribution in [0.15, 0.2) is 114 Å². The zero-order valence-corrected chi connectivity index (χ0v) is 25.5. The van der Waals surface area contributed by atoms with Gasteiger partial charge in [0, 0.05) is 44.9 Å². The first-order chi connectivity index (χ1) is 21.3. The Kier molecular flexibility index (Phi) is 9.69.